The highest BCUT2D eigenvalue weighted by atomic mass is 32.2. The number of benzene rings is 2. The van der Waals surface area contributed by atoms with Crippen LogP contribution in [-0.4, -0.2) is 67.6 Å². The molecule has 0 bridgehead atoms. The molecule has 174 valence electrons. The first kappa shape index (κ1) is 23.9. The zero-order valence-electron chi connectivity index (χ0n) is 17.4. The second kappa shape index (κ2) is 9.83. The Morgan fingerprint density at radius 3 is 1.97 bits per heavy atom. The maximum absolute atomic E-state index is 12.7. The molecule has 3 rings (SSSR count). The number of hydrogen-bond donors (Lipinski definition) is 2. The molecule has 1 aliphatic heterocycles. The Balaban J connectivity index is 1.71. The summed E-state index contributed by atoms with van der Waals surface area (Å²) >= 11 is 0. The van der Waals surface area contributed by atoms with E-state index in [1.807, 2.05) is 4.83 Å². The maximum atomic E-state index is 12.7. The number of morpholine rings is 1. The molecule has 2 aromatic rings. The summed E-state index contributed by atoms with van der Waals surface area (Å²) in [6, 6.07) is 9.09. The number of methoxy groups -OCH3 is 2. The first-order valence-electron chi connectivity index (χ1n) is 9.40. The van der Waals surface area contributed by atoms with Gasteiger partial charge in [-0.1, -0.05) is 0 Å². The van der Waals surface area contributed by atoms with Crippen molar-refractivity contribution in [1.29, 1.82) is 0 Å². The minimum absolute atomic E-state index is 0.0362. The Hall–Kier alpha value is -2.71. The zero-order chi connectivity index (χ0) is 23.4. The second-order valence-corrected chi connectivity index (χ2v) is 10.3. The molecule has 1 amide bonds. The van der Waals surface area contributed by atoms with Crippen LogP contribution >= 0.6 is 0 Å². The average Bonchev–Trinajstić information content (AvgIpc) is 2.82. The minimum atomic E-state index is -4.15. The molecule has 2 N–H and O–H groups in total. The predicted molar refractivity (Wildman–Crippen MR) is 113 cm³/mol. The molecular formula is C19H23N3O8S2. The molecule has 13 heteroatoms. The number of ether oxygens (including phenoxy) is 3. The Bertz CT molecular complexity index is 1150. The number of rotatable bonds is 8. The van der Waals surface area contributed by atoms with Gasteiger partial charge in [0.1, 0.15) is 11.5 Å². The predicted octanol–water partition coefficient (Wildman–Crippen LogP) is 0.348. The molecule has 11 nitrogen and oxygen atoms in total. The first-order chi connectivity index (χ1) is 15.2. The number of amides is 1. The standard InChI is InChI=1S/C19H23N3O8S2/c1-28-15-11-14(12-16(13-15)29-2)19(23)20-21-31(24,25)17-3-5-18(6-4-17)32(26,27)22-7-9-30-10-8-22/h3-6,11-13,21H,7-10H2,1-2H3,(H,20,23). The fraction of sp³-hybridized carbons (Fsp3) is 0.316. The molecule has 0 atom stereocenters. The molecule has 0 aliphatic carbocycles. The smallest absolute Gasteiger partial charge is 0.266 e. The summed E-state index contributed by atoms with van der Waals surface area (Å²) in [5, 5.41) is 0. The summed E-state index contributed by atoms with van der Waals surface area (Å²) in [6.07, 6.45) is 0. The molecule has 0 aromatic heterocycles. The van der Waals surface area contributed by atoms with Gasteiger partial charge in [-0.15, -0.1) is 4.83 Å². The number of carbonyl (C=O) groups excluding carboxylic acids is 1. The number of hydrazine groups is 1. The van der Waals surface area contributed by atoms with Crippen LogP contribution in [0.2, 0.25) is 0 Å². The van der Waals surface area contributed by atoms with Crippen molar-refractivity contribution in [2.45, 2.75) is 9.79 Å². The summed E-state index contributed by atoms with van der Waals surface area (Å²) in [5.41, 5.74) is 2.22. The van der Waals surface area contributed by atoms with Crippen LogP contribution in [-0.2, 0) is 24.8 Å². The lowest BCUT2D eigenvalue weighted by atomic mass is 10.2. The van der Waals surface area contributed by atoms with Gasteiger partial charge in [0.15, 0.2) is 0 Å². The van der Waals surface area contributed by atoms with Gasteiger partial charge in [0, 0.05) is 24.7 Å². The molecule has 2 aromatic carbocycles. The molecule has 1 saturated heterocycles. The molecule has 32 heavy (non-hydrogen) atoms. The van der Waals surface area contributed by atoms with Crippen LogP contribution < -0.4 is 19.7 Å². The third-order valence-corrected chi connectivity index (χ3v) is 7.83. The highest BCUT2D eigenvalue weighted by molar-refractivity contribution is 7.89. The van der Waals surface area contributed by atoms with Crippen molar-refractivity contribution in [2.75, 3.05) is 40.5 Å². The molecular weight excluding hydrogens is 462 g/mol. The lowest BCUT2D eigenvalue weighted by molar-refractivity contribution is 0.0730. The van der Waals surface area contributed by atoms with Gasteiger partial charge in [-0.05, 0) is 36.4 Å². The maximum Gasteiger partial charge on any atom is 0.266 e. The highest BCUT2D eigenvalue weighted by Gasteiger charge is 2.27. The van der Waals surface area contributed by atoms with Crippen LogP contribution in [0.5, 0.6) is 11.5 Å². The second-order valence-electron chi connectivity index (χ2n) is 6.65. The summed E-state index contributed by atoms with van der Waals surface area (Å²) in [5.74, 6) is -0.0267. The van der Waals surface area contributed by atoms with Crippen LogP contribution in [0.1, 0.15) is 10.4 Å². The number of nitrogens with zero attached hydrogens (tertiary/aromatic N) is 1. The normalized spacial score (nSPS) is 15.2. The summed E-state index contributed by atoms with van der Waals surface area (Å²) in [4.78, 5) is 14.1. The van der Waals surface area contributed by atoms with Gasteiger partial charge < -0.3 is 14.2 Å². The van der Waals surface area contributed by atoms with Crippen molar-refractivity contribution in [3.05, 3.63) is 48.0 Å². The average molecular weight is 486 g/mol. The summed E-state index contributed by atoms with van der Waals surface area (Å²) < 4.78 is 67.0. The van der Waals surface area contributed by atoms with Crippen molar-refractivity contribution in [2.24, 2.45) is 0 Å². The largest absolute Gasteiger partial charge is 0.497 e. The zero-order valence-corrected chi connectivity index (χ0v) is 19.0. The van der Waals surface area contributed by atoms with Gasteiger partial charge in [-0.3, -0.25) is 10.2 Å². The fourth-order valence-electron chi connectivity index (χ4n) is 2.91. The SMILES string of the molecule is COc1cc(OC)cc(C(=O)NNS(=O)(=O)c2ccc(S(=O)(=O)N3CCOCC3)cc2)c1. The van der Waals surface area contributed by atoms with Crippen LogP contribution in [0.15, 0.2) is 52.3 Å². The molecule has 1 aliphatic rings. The third-order valence-electron chi connectivity index (χ3n) is 4.65. The van der Waals surface area contributed by atoms with Crippen molar-refractivity contribution < 1.29 is 35.8 Å². The van der Waals surface area contributed by atoms with E-state index >= 15 is 0 Å². The van der Waals surface area contributed by atoms with E-state index in [9.17, 15) is 21.6 Å². The fourth-order valence-corrected chi connectivity index (χ4v) is 5.16. The van der Waals surface area contributed by atoms with E-state index in [0.29, 0.717) is 24.7 Å². The van der Waals surface area contributed by atoms with Crippen LogP contribution in [0, 0.1) is 0 Å². The van der Waals surface area contributed by atoms with Gasteiger partial charge >= 0.3 is 0 Å². The molecule has 0 radical (unpaired) electrons. The van der Waals surface area contributed by atoms with E-state index < -0.39 is 26.0 Å². The highest BCUT2D eigenvalue weighted by Crippen LogP contribution is 2.22. The Morgan fingerprint density at radius 1 is 0.906 bits per heavy atom. The number of sulfonamides is 2. The van der Waals surface area contributed by atoms with Crippen molar-refractivity contribution in [3.63, 3.8) is 0 Å². The Morgan fingerprint density at radius 2 is 1.44 bits per heavy atom. The van der Waals surface area contributed by atoms with Crippen molar-refractivity contribution >= 4 is 26.0 Å². The van der Waals surface area contributed by atoms with Crippen LogP contribution in [0.4, 0.5) is 0 Å². The van der Waals surface area contributed by atoms with Gasteiger partial charge in [0.05, 0.1) is 37.2 Å². The van der Waals surface area contributed by atoms with E-state index in [2.05, 4.69) is 5.43 Å². The van der Waals surface area contributed by atoms with Crippen LogP contribution in [0.25, 0.3) is 0 Å². The Kier molecular flexibility index (Phi) is 7.36. The lowest BCUT2D eigenvalue weighted by Gasteiger charge is -2.26. The van der Waals surface area contributed by atoms with E-state index in [4.69, 9.17) is 14.2 Å². The molecule has 0 spiro atoms. The summed E-state index contributed by atoms with van der Waals surface area (Å²) in [6.45, 7) is 1.05. The topological polar surface area (TPSA) is 140 Å². The molecule has 1 fully saturated rings. The quantitative estimate of drug-likeness (QED) is 0.511. The number of hydrogen-bond acceptors (Lipinski definition) is 8. The molecule has 0 unspecified atom stereocenters. The van der Waals surface area contributed by atoms with E-state index in [1.54, 1.807) is 6.07 Å². The van der Waals surface area contributed by atoms with Gasteiger partial charge in [0.25, 0.3) is 15.9 Å². The lowest BCUT2D eigenvalue weighted by Crippen LogP contribution is -2.41. The Labute approximate surface area is 186 Å². The first-order valence-corrected chi connectivity index (χ1v) is 12.3. The number of carbonyl (C=O) groups is 1. The summed E-state index contributed by atoms with van der Waals surface area (Å²) in [7, 11) is -5.07. The van der Waals surface area contributed by atoms with E-state index in [-0.39, 0.29) is 28.4 Å². The molecule has 0 saturated carbocycles. The van der Waals surface area contributed by atoms with Gasteiger partial charge in [-0.2, -0.15) is 4.31 Å². The van der Waals surface area contributed by atoms with Crippen molar-refractivity contribution in [1.82, 2.24) is 14.6 Å². The van der Waals surface area contributed by atoms with E-state index in [1.165, 1.54) is 42.8 Å². The monoisotopic (exact) mass is 485 g/mol. The van der Waals surface area contributed by atoms with Gasteiger partial charge in [-0.25, -0.2) is 16.8 Å². The van der Waals surface area contributed by atoms with Crippen LogP contribution in [0.3, 0.4) is 0 Å². The van der Waals surface area contributed by atoms with E-state index in [0.717, 1.165) is 12.1 Å². The minimum Gasteiger partial charge on any atom is -0.497 e. The van der Waals surface area contributed by atoms with Crippen molar-refractivity contribution in [3.8, 4) is 11.5 Å². The third kappa shape index (κ3) is 5.37. The molecule has 1 heterocycles. The number of nitrogens with one attached hydrogen (secondary N) is 2. The van der Waals surface area contributed by atoms with Gasteiger partial charge in [0.2, 0.25) is 10.0 Å².